The Balaban J connectivity index is 1.58. The van der Waals surface area contributed by atoms with E-state index in [2.05, 4.69) is 4.98 Å². The van der Waals surface area contributed by atoms with Crippen LogP contribution in [0.2, 0.25) is 0 Å². The molecule has 3 aromatic carbocycles. The van der Waals surface area contributed by atoms with Gasteiger partial charge in [0.15, 0.2) is 10.6 Å². The SMILES string of the molecule is Cc1ccc2oc3c(c(=O)c2c1)C(c1ccc(OC(C)C)cc1)N(c1nc2ccc(F)cc2s1)C3=O. The Kier molecular flexibility index (Phi) is 5.15. The maximum Gasteiger partial charge on any atom is 0.297 e. The Labute approximate surface area is 209 Å². The molecule has 0 fully saturated rings. The Morgan fingerprint density at radius 3 is 2.58 bits per heavy atom. The summed E-state index contributed by atoms with van der Waals surface area (Å²) in [4.78, 5) is 33.6. The number of nitrogens with zero attached hydrogens (tertiary/aromatic N) is 2. The van der Waals surface area contributed by atoms with Crippen LogP contribution in [0.1, 0.15) is 47.1 Å². The standard InChI is InChI=1S/C28H21FN2O4S/c1-14(2)34-18-8-5-16(6-9-18)24-23-25(32)19-12-15(3)4-11-21(19)35-26(23)27(33)31(24)28-30-20-10-7-17(29)13-22(20)36-28/h4-14,24H,1-3H3. The van der Waals surface area contributed by atoms with Crippen LogP contribution in [0, 0.1) is 12.7 Å². The summed E-state index contributed by atoms with van der Waals surface area (Å²) in [5.74, 6) is -0.170. The van der Waals surface area contributed by atoms with Crippen LogP contribution in [0.5, 0.6) is 5.75 Å². The maximum atomic E-state index is 13.9. The van der Waals surface area contributed by atoms with Crippen molar-refractivity contribution in [1.82, 2.24) is 4.98 Å². The van der Waals surface area contributed by atoms with Crippen LogP contribution >= 0.6 is 11.3 Å². The number of aromatic nitrogens is 1. The van der Waals surface area contributed by atoms with E-state index >= 15 is 0 Å². The third-order valence-electron chi connectivity index (χ3n) is 6.14. The molecule has 0 radical (unpaired) electrons. The van der Waals surface area contributed by atoms with Gasteiger partial charge in [0.25, 0.3) is 5.91 Å². The van der Waals surface area contributed by atoms with Gasteiger partial charge in [0.1, 0.15) is 17.1 Å². The molecule has 1 aliphatic rings. The molecule has 36 heavy (non-hydrogen) atoms. The summed E-state index contributed by atoms with van der Waals surface area (Å²) in [5, 5.41) is 0.777. The monoisotopic (exact) mass is 500 g/mol. The molecule has 6 rings (SSSR count). The van der Waals surface area contributed by atoms with Gasteiger partial charge in [-0.15, -0.1) is 0 Å². The first-order valence-corrected chi connectivity index (χ1v) is 12.4. The van der Waals surface area contributed by atoms with E-state index in [0.717, 1.165) is 5.56 Å². The lowest BCUT2D eigenvalue weighted by molar-refractivity contribution is 0.0971. The van der Waals surface area contributed by atoms with Crippen molar-refractivity contribution in [2.75, 3.05) is 4.90 Å². The fourth-order valence-electron chi connectivity index (χ4n) is 4.59. The molecule has 1 amide bonds. The first-order chi connectivity index (χ1) is 17.3. The number of amides is 1. The van der Waals surface area contributed by atoms with Gasteiger partial charge in [-0.3, -0.25) is 14.5 Å². The van der Waals surface area contributed by atoms with Crippen molar-refractivity contribution in [3.63, 3.8) is 0 Å². The van der Waals surface area contributed by atoms with E-state index < -0.39 is 11.9 Å². The van der Waals surface area contributed by atoms with Gasteiger partial charge < -0.3 is 9.15 Å². The molecule has 0 bridgehead atoms. The number of fused-ring (bicyclic) bond motifs is 3. The van der Waals surface area contributed by atoms with Crippen LogP contribution < -0.4 is 15.1 Å². The summed E-state index contributed by atoms with van der Waals surface area (Å²) < 4.78 is 26.3. The molecule has 6 nitrogen and oxygen atoms in total. The molecule has 0 saturated heterocycles. The second-order valence-electron chi connectivity index (χ2n) is 9.10. The average molecular weight is 501 g/mol. The lowest BCUT2D eigenvalue weighted by atomic mass is 9.98. The average Bonchev–Trinajstić information content (AvgIpc) is 3.38. The molecule has 0 aliphatic carbocycles. The molecule has 1 atom stereocenters. The van der Waals surface area contributed by atoms with Gasteiger partial charge in [0, 0.05) is 0 Å². The van der Waals surface area contributed by atoms with Gasteiger partial charge in [0.05, 0.1) is 33.3 Å². The number of thiazole rings is 1. The van der Waals surface area contributed by atoms with Crippen molar-refractivity contribution in [3.8, 4) is 5.75 Å². The van der Waals surface area contributed by atoms with E-state index in [1.54, 1.807) is 18.2 Å². The number of carbonyl (C=O) groups is 1. The predicted octanol–water partition coefficient (Wildman–Crippen LogP) is 6.39. The Morgan fingerprint density at radius 2 is 1.83 bits per heavy atom. The number of benzene rings is 3. The molecule has 0 N–H and O–H groups in total. The number of ether oxygens (including phenoxy) is 1. The van der Waals surface area contributed by atoms with Crippen LogP contribution in [0.3, 0.4) is 0 Å². The Bertz CT molecular complexity index is 1720. The lowest BCUT2D eigenvalue weighted by Crippen LogP contribution is -2.29. The molecule has 180 valence electrons. The van der Waals surface area contributed by atoms with E-state index in [0.29, 0.717) is 37.6 Å². The molecule has 3 heterocycles. The number of hydrogen-bond donors (Lipinski definition) is 0. The molecule has 1 aliphatic heterocycles. The van der Waals surface area contributed by atoms with Gasteiger partial charge >= 0.3 is 0 Å². The minimum absolute atomic E-state index is 0.00528. The molecule has 0 spiro atoms. The quantitative estimate of drug-likeness (QED) is 0.286. The smallest absolute Gasteiger partial charge is 0.297 e. The highest BCUT2D eigenvalue weighted by Gasteiger charge is 2.45. The minimum atomic E-state index is -0.757. The zero-order valence-corrected chi connectivity index (χ0v) is 20.6. The number of anilines is 1. The Morgan fingerprint density at radius 1 is 1.06 bits per heavy atom. The number of aryl methyl sites for hydroxylation is 1. The lowest BCUT2D eigenvalue weighted by Gasteiger charge is -2.23. The second-order valence-corrected chi connectivity index (χ2v) is 10.1. The molecule has 8 heteroatoms. The van der Waals surface area contributed by atoms with Crippen molar-refractivity contribution < 1.29 is 18.3 Å². The van der Waals surface area contributed by atoms with E-state index in [1.165, 1.54) is 28.4 Å². The minimum Gasteiger partial charge on any atom is -0.491 e. The molecular weight excluding hydrogens is 479 g/mol. The van der Waals surface area contributed by atoms with Crippen molar-refractivity contribution in [1.29, 1.82) is 0 Å². The van der Waals surface area contributed by atoms with Crippen LogP contribution in [-0.4, -0.2) is 17.0 Å². The second kappa shape index (κ2) is 8.27. The van der Waals surface area contributed by atoms with E-state index in [4.69, 9.17) is 9.15 Å². The number of hydrogen-bond acceptors (Lipinski definition) is 6. The summed E-state index contributed by atoms with van der Waals surface area (Å²) in [6.45, 7) is 5.78. The van der Waals surface area contributed by atoms with Crippen LogP contribution in [0.15, 0.2) is 69.9 Å². The van der Waals surface area contributed by atoms with Gasteiger partial charge in [-0.2, -0.15) is 0 Å². The summed E-state index contributed by atoms with van der Waals surface area (Å²) in [6, 6.07) is 16.2. The number of halogens is 1. The topological polar surface area (TPSA) is 72.6 Å². The molecule has 2 aromatic heterocycles. The molecule has 5 aromatic rings. The fourth-order valence-corrected chi connectivity index (χ4v) is 5.61. The molecule has 0 saturated carbocycles. The van der Waals surface area contributed by atoms with E-state index in [9.17, 15) is 14.0 Å². The third-order valence-corrected chi connectivity index (χ3v) is 7.16. The molecular formula is C28H21FN2O4S. The predicted molar refractivity (Wildman–Crippen MR) is 138 cm³/mol. The van der Waals surface area contributed by atoms with Crippen molar-refractivity contribution >= 4 is 43.6 Å². The van der Waals surface area contributed by atoms with Crippen molar-refractivity contribution in [3.05, 3.63) is 99.2 Å². The summed E-state index contributed by atoms with van der Waals surface area (Å²) in [7, 11) is 0. The van der Waals surface area contributed by atoms with E-state index in [1.807, 2.05) is 51.1 Å². The van der Waals surface area contributed by atoms with Crippen molar-refractivity contribution in [2.45, 2.75) is 32.9 Å². The van der Waals surface area contributed by atoms with Crippen LogP contribution in [-0.2, 0) is 0 Å². The van der Waals surface area contributed by atoms with Crippen LogP contribution in [0.4, 0.5) is 9.52 Å². The summed E-state index contributed by atoms with van der Waals surface area (Å²) in [6.07, 6.45) is 0.00549. The van der Waals surface area contributed by atoms with Gasteiger partial charge in [-0.1, -0.05) is 35.1 Å². The highest BCUT2D eigenvalue weighted by molar-refractivity contribution is 7.22. The number of carbonyl (C=O) groups excluding carboxylic acids is 1. The molecule has 1 unspecified atom stereocenters. The Hall–Kier alpha value is -4.04. The van der Waals surface area contributed by atoms with Gasteiger partial charge in [-0.05, 0) is 68.8 Å². The van der Waals surface area contributed by atoms with E-state index in [-0.39, 0.29) is 28.7 Å². The number of rotatable bonds is 4. The van der Waals surface area contributed by atoms with Crippen molar-refractivity contribution in [2.24, 2.45) is 0 Å². The first kappa shape index (κ1) is 22.4. The first-order valence-electron chi connectivity index (χ1n) is 11.5. The van der Waals surface area contributed by atoms with Crippen LogP contribution in [0.25, 0.3) is 21.2 Å². The fraction of sp³-hybridized carbons (Fsp3) is 0.179. The maximum absolute atomic E-state index is 13.9. The summed E-state index contributed by atoms with van der Waals surface area (Å²) in [5.41, 5.74) is 2.55. The van der Waals surface area contributed by atoms with Gasteiger partial charge in [-0.25, -0.2) is 9.37 Å². The summed E-state index contributed by atoms with van der Waals surface area (Å²) >= 11 is 1.19. The largest absolute Gasteiger partial charge is 0.491 e. The highest BCUT2D eigenvalue weighted by Crippen LogP contribution is 2.44. The zero-order chi connectivity index (χ0) is 25.1. The van der Waals surface area contributed by atoms with Gasteiger partial charge in [0.2, 0.25) is 5.76 Å². The zero-order valence-electron chi connectivity index (χ0n) is 19.7. The third kappa shape index (κ3) is 3.56. The normalized spacial score (nSPS) is 15.3. The highest BCUT2D eigenvalue weighted by atomic mass is 32.1.